The number of halogens is 3. The quantitative estimate of drug-likeness (QED) is 0.783. The molecular weight excluding hydrogens is 207 g/mol. The topological polar surface area (TPSA) is 35.2 Å². The highest BCUT2D eigenvalue weighted by molar-refractivity contribution is 4.93. The second-order valence-electron chi connectivity index (χ2n) is 4.42. The summed E-state index contributed by atoms with van der Waals surface area (Å²) in [6.45, 7) is 1.13. The molecule has 0 aromatic carbocycles. The van der Waals surface area contributed by atoms with E-state index in [-0.39, 0.29) is 6.04 Å². The Labute approximate surface area is 88.0 Å². The van der Waals surface area contributed by atoms with Crippen LogP contribution in [0.5, 0.6) is 0 Å². The fourth-order valence-electron chi connectivity index (χ4n) is 2.18. The maximum Gasteiger partial charge on any atom is 0.417 e. The molecule has 1 rings (SSSR count). The van der Waals surface area contributed by atoms with E-state index in [1.165, 1.54) is 0 Å². The fraction of sp³-hybridized carbons (Fsp3) is 1.00. The first kappa shape index (κ1) is 12.8. The standard InChI is InChI=1S/C10H18F3NO/c1-9(15-2,10(11,12)13)7-3-5-8(14)6-4-7/h7-8H,3-6,14H2,1-2H3/t7-,8+,9?. The van der Waals surface area contributed by atoms with E-state index in [4.69, 9.17) is 10.5 Å². The molecule has 5 heteroatoms. The van der Waals surface area contributed by atoms with Gasteiger partial charge in [-0.05, 0) is 38.5 Å². The first-order chi connectivity index (χ1) is 6.81. The summed E-state index contributed by atoms with van der Waals surface area (Å²) in [5, 5.41) is 0. The van der Waals surface area contributed by atoms with Crippen molar-refractivity contribution in [2.45, 2.75) is 50.4 Å². The van der Waals surface area contributed by atoms with Crippen molar-refractivity contribution in [2.75, 3.05) is 7.11 Å². The van der Waals surface area contributed by atoms with Crippen molar-refractivity contribution in [1.29, 1.82) is 0 Å². The molecule has 0 radical (unpaired) electrons. The van der Waals surface area contributed by atoms with E-state index < -0.39 is 17.7 Å². The molecule has 0 aromatic heterocycles. The Morgan fingerprint density at radius 3 is 1.93 bits per heavy atom. The Balaban J connectivity index is 2.74. The molecule has 1 fully saturated rings. The summed E-state index contributed by atoms with van der Waals surface area (Å²) >= 11 is 0. The first-order valence-corrected chi connectivity index (χ1v) is 5.18. The van der Waals surface area contributed by atoms with Gasteiger partial charge < -0.3 is 10.5 Å². The minimum atomic E-state index is -4.31. The lowest BCUT2D eigenvalue weighted by molar-refractivity contribution is -0.284. The number of ether oxygens (including phenoxy) is 1. The number of hydrogen-bond acceptors (Lipinski definition) is 2. The molecule has 0 saturated heterocycles. The molecule has 1 atom stereocenters. The van der Waals surface area contributed by atoms with Crippen LogP contribution >= 0.6 is 0 Å². The highest BCUT2D eigenvalue weighted by Crippen LogP contribution is 2.44. The summed E-state index contributed by atoms with van der Waals surface area (Å²) < 4.78 is 43.2. The second kappa shape index (κ2) is 4.29. The molecule has 0 bridgehead atoms. The normalized spacial score (nSPS) is 32.4. The zero-order valence-corrected chi connectivity index (χ0v) is 9.10. The van der Waals surface area contributed by atoms with Crippen molar-refractivity contribution in [3.8, 4) is 0 Å². The van der Waals surface area contributed by atoms with Gasteiger partial charge in [-0.1, -0.05) is 0 Å². The lowest BCUT2D eigenvalue weighted by Gasteiger charge is -2.41. The van der Waals surface area contributed by atoms with Crippen molar-refractivity contribution in [2.24, 2.45) is 11.7 Å². The van der Waals surface area contributed by atoms with E-state index in [0.717, 1.165) is 14.0 Å². The summed E-state index contributed by atoms with van der Waals surface area (Å²) in [6, 6.07) is 0.0515. The smallest absolute Gasteiger partial charge is 0.369 e. The van der Waals surface area contributed by atoms with Gasteiger partial charge in [0.05, 0.1) is 0 Å². The first-order valence-electron chi connectivity index (χ1n) is 5.18. The second-order valence-corrected chi connectivity index (χ2v) is 4.42. The molecular formula is C10H18F3NO. The highest BCUT2D eigenvalue weighted by Gasteiger charge is 2.56. The third-order valence-corrected chi connectivity index (χ3v) is 3.54. The van der Waals surface area contributed by atoms with Crippen LogP contribution in [0.2, 0.25) is 0 Å². The van der Waals surface area contributed by atoms with Gasteiger partial charge in [-0.15, -0.1) is 0 Å². The van der Waals surface area contributed by atoms with E-state index in [9.17, 15) is 13.2 Å². The third-order valence-electron chi connectivity index (χ3n) is 3.54. The molecule has 2 nitrogen and oxygen atoms in total. The average molecular weight is 225 g/mol. The van der Waals surface area contributed by atoms with Crippen molar-refractivity contribution < 1.29 is 17.9 Å². The van der Waals surface area contributed by atoms with Crippen LogP contribution in [0.25, 0.3) is 0 Å². The molecule has 0 amide bonds. The fourth-order valence-corrected chi connectivity index (χ4v) is 2.18. The minimum Gasteiger partial charge on any atom is -0.369 e. The van der Waals surface area contributed by atoms with E-state index in [2.05, 4.69) is 0 Å². The van der Waals surface area contributed by atoms with Crippen molar-refractivity contribution in [3.63, 3.8) is 0 Å². The predicted octanol–water partition coefficient (Wildman–Crippen LogP) is 2.47. The third kappa shape index (κ3) is 2.45. The molecule has 0 spiro atoms. The minimum absolute atomic E-state index is 0.0515. The van der Waals surface area contributed by atoms with E-state index >= 15 is 0 Å². The Morgan fingerprint density at radius 2 is 1.60 bits per heavy atom. The van der Waals surface area contributed by atoms with Gasteiger partial charge in [0, 0.05) is 13.2 Å². The number of nitrogens with two attached hydrogens (primary N) is 1. The van der Waals surface area contributed by atoms with Gasteiger partial charge in [0.15, 0.2) is 5.60 Å². The number of methoxy groups -OCH3 is 1. The van der Waals surface area contributed by atoms with Crippen LogP contribution in [0.15, 0.2) is 0 Å². The Kier molecular flexibility index (Phi) is 3.66. The monoisotopic (exact) mass is 225 g/mol. The molecule has 1 aliphatic rings. The van der Waals surface area contributed by atoms with Gasteiger partial charge in [-0.25, -0.2) is 0 Å². The number of alkyl halides is 3. The number of hydrogen-bond donors (Lipinski definition) is 1. The summed E-state index contributed by atoms with van der Waals surface area (Å²) in [6.07, 6.45) is -2.02. The lowest BCUT2D eigenvalue weighted by Crippen LogP contribution is -2.52. The molecule has 1 aliphatic carbocycles. The van der Waals surface area contributed by atoms with Gasteiger partial charge in [-0.3, -0.25) is 0 Å². The van der Waals surface area contributed by atoms with Crippen LogP contribution in [0.3, 0.4) is 0 Å². The largest absolute Gasteiger partial charge is 0.417 e. The Bertz CT molecular complexity index is 211. The molecule has 90 valence electrons. The van der Waals surface area contributed by atoms with Gasteiger partial charge in [0.2, 0.25) is 0 Å². The van der Waals surface area contributed by atoms with Crippen molar-refractivity contribution >= 4 is 0 Å². The Morgan fingerprint density at radius 1 is 1.13 bits per heavy atom. The van der Waals surface area contributed by atoms with E-state index in [1.54, 1.807) is 0 Å². The van der Waals surface area contributed by atoms with Crippen LogP contribution in [0.1, 0.15) is 32.6 Å². The molecule has 0 heterocycles. The summed E-state index contributed by atoms with van der Waals surface area (Å²) in [5.74, 6) is -0.470. The highest BCUT2D eigenvalue weighted by atomic mass is 19.4. The van der Waals surface area contributed by atoms with Gasteiger partial charge in [0.1, 0.15) is 0 Å². The van der Waals surface area contributed by atoms with Crippen LogP contribution in [-0.4, -0.2) is 24.9 Å². The molecule has 1 unspecified atom stereocenters. The zero-order valence-electron chi connectivity index (χ0n) is 9.10. The van der Waals surface area contributed by atoms with E-state index in [1.807, 2.05) is 0 Å². The predicted molar refractivity (Wildman–Crippen MR) is 51.4 cm³/mol. The van der Waals surface area contributed by atoms with Crippen LogP contribution in [0.4, 0.5) is 13.2 Å². The molecule has 15 heavy (non-hydrogen) atoms. The van der Waals surface area contributed by atoms with Crippen molar-refractivity contribution in [3.05, 3.63) is 0 Å². The molecule has 0 aliphatic heterocycles. The molecule has 1 saturated carbocycles. The number of rotatable bonds is 2. The van der Waals surface area contributed by atoms with Crippen LogP contribution < -0.4 is 5.73 Å². The SMILES string of the molecule is COC(C)([C@H]1CC[C@@H](N)CC1)C(F)(F)F. The van der Waals surface area contributed by atoms with Gasteiger partial charge in [0.25, 0.3) is 0 Å². The average Bonchev–Trinajstić information content (AvgIpc) is 2.16. The maximum absolute atomic E-state index is 12.8. The molecule has 2 N–H and O–H groups in total. The lowest BCUT2D eigenvalue weighted by atomic mass is 9.76. The summed E-state index contributed by atoms with van der Waals surface area (Å²) in [5.41, 5.74) is 3.65. The van der Waals surface area contributed by atoms with Crippen molar-refractivity contribution in [1.82, 2.24) is 0 Å². The maximum atomic E-state index is 12.8. The van der Waals surface area contributed by atoms with E-state index in [0.29, 0.717) is 25.7 Å². The zero-order chi connectivity index (χ0) is 11.7. The van der Waals surface area contributed by atoms with Gasteiger partial charge >= 0.3 is 6.18 Å². The summed E-state index contributed by atoms with van der Waals surface area (Å²) in [7, 11) is 1.13. The Hall–Kier alpha value is -0.290. The van der Waals surface area contributed by atoms with Crippen LogP contribution in [0, 0.1) is 5.92 Å². The summed E-state index contributed by atoms with van der Waals surface area (Å²) in [4.78, 5) is 0. The molecule has 0 aromatic rings. The van der Waals surface area contributed by atoms with Gasteiger partial charge in [-0.2, -0.15) is 13.2 Å². The van der Waals surface area contributed by atoms with Crippen LogP contribution in [-0.2, 0) is 4.74 Å².